The lowest BCUT2D eigenvalue weighted by Crippen LogP contribution is -2.36. The van der Waals surface area contributed by atoms with Crippen LogP contribution in [-0.2, 0) is 0 Å². The van der Waals surface area contributed by atoms with Crippen LogP contribution in [0.5, 0.6) is 5.75 Å². The Morgan fingerprint density at radius 2 is 2.05 bits per heavy atom. The van der Waals surface area contributed by atoms with Crippen LogP contribution in [0.3, 0.4) is 0 Å². The van der Waals surface area contributed by atoms with Gasteiger partial charge in [0.15, 0.2) is 0 Å². The van der Waals surface area contributed by atoms with Crippen LogP contribution in [0.1, 0.15) is 20.3 Å². The number of rotatable bonds is 5. The lowest BCUT2D eigenvalue weighted by Gasteiger charge is -2.22. The monoisotopic (exact) mass is 281 g/mol. The molecule has 0 bridgehead atoms. The highest BCUT2D eigenvalue weighted by molar-refractivity contribution is 5.93. The maximum Gasteiger partial charge on any atom is 0.339 e. The minimum absolute atomic E-state index is 0.192. The molecular weight excluding hydrogens is 262 g/mol. The van der Waals surface area contributed by atoms with Gasteiger partial charge < -0.3 is 14.9 Å². The lowest BCUT2D eigenvalue weighted by molar-refractivity contribution is 0.00847. The number of aliphatic hydroxyl groups is 2. The first-order valence-corrected chi connectivity index (χ1v) is 6.41. The molecule has 0 aromatic heterocycles. The average molecular weight is 281 g/mol. The Morgan fingerprint density at radius 3 is 2.55 bits per heavy atom. The number of ether oxygens (including phenoxy) is 1. The van der Waals surface area contributed by atoms with E-state index in [1.54, 1.807) is 31.2 Å². The van der Waals surface area contributed by atoms with Crippen molar-refractivity contribution < 1.29 is 19.7 Å². The largest absolute Gasteiger partial charge is 0.491 e. The number of urea groups is 1. The van der Waals surface area contributed by atoms with Crippen molar-refractivity contribution >= 4 is 11.7 Å². The van der Waals surface area contributed by atoms with E-state index in [0.717, 1.165) is 0 Å². The van der Waals surface area contributed by atoms with Gasteiger partial charge in [-0.05, 0) is 37.6 Å². The third-order valence-electron chi connectivity index (χ3n) is 3.20. The van der Waals surface area contributed by atoms with E-state index in [1.165, 1.54) is 4.90 Å². The highest BCUT2D eigenvalue weighted by Gasteiger charge is 2.29. The molecular formula is C13H19N3O4. The molecule has 7 nitrogen and oxygen atoms in total. The summed E-state index contributed by atoms with van der Waals surface area (Å²) in [5.41, 5.74) is 4.38. The second kappa shape index (κ2) is 5.66. The topological polar surface area (TPSA) is 94.1 Å². The molecule has 1 saturated heterocycles. The molecule has 20 heavy (non-hydrogen) atoms. The number of hydrazine groups is 1. The van der Waals surface area contributed by atoms with Gasteiger partial charge in [-0.3, -0.25) is 10.3 Å². The number of nitrogens with zero attached hydrogens (tertiary/aromatic N) is 1. The summed E-state index contributed by atoms with van der Waals surface area (Å²) in [6.45, 7) is 3.78. The first kappa shape index (κ1) is 14.6. The minimum atomic E-state index is -1.10. The summed E-state index contributed by atoms with van der Waals surface area (Å²) in [6.07, 6.45) is -0.508. The van der Waals surface area contributed by atoms with Crippen LogP contribution in [0.15, 0.2) is 24.3 Å². The molecule has 7 heteroatoms. The number of nitrogens with one attached hydrogen (secondary N) is 2. The zero-order chi connectivity index (χ0) is 14.8. The Kier molecular flexibility index (Phi) is 4.12. The number of hydrogen-bond acceptors (Lipinski definition) is 5. The number of amides is 2. The first-order valence-electron chi connectivity index (χ1n) is 6.41. The number of hydrogen-bond donors (Lipinski definition) is 4. The maximum atomic E-state index is 11.5. The molecule has 1 aliphatic rings. The van der Waals surface area contributed by atoms with Crippen LogP contribution in [-0.4, -0.2) is 34.8 Å². The molecule has 2 rings (SSSR count). The second-order valence-electron chi connectivity index (χ2n) is 4.95. The Labute approximate surface area is 117 Å². The molecule has 1 heterocycles. The molecule has 110 valence electrons. The molecule has 0 aliphatic carbocycles. The van der Waals surface area contributed by atoms with Crippen LogP contribution in [0.4, 0.5) is 10.5 Å². The molecule has 4 N–H and O–H groups in total. The van der Waals surface area contributed by atoms with Crippen LogP contribution in [0.2, 0.25) is 0 Å². The van der Waals surface area contributed by atoms with Gasteiger partial charge in [0.25, 0.3) is 0 Å². The quantitative estimate of drug-likeness (QED) is 0.632. The van der Waals surface area contributed by atoms with Crippen LogP contribution in [0, 0.1) is 0 Å². The van der Waals surface area contributed by atoms with Crippen molar-refractivity contribution in [3.63, 3.8) is 0 Å². The fourth-order valence-electron chi connectivity index (χ4n) is 1.66. The van der Waals surface area contributed by atoms with Crippen molar-refractivity contribution in [3.8, 4) is 5.75 Å². The molecule has 1 aliphatic heterocycles. The molecule has 0 radical (unpaired) electrons. The predicted octanol–water partition coefficient (Wildman–Crippen LogP) is 0.536. The number of carbonyl (C=O) groups is 1. The summed E-state index contributed by atoms with van der Waals surface area (Å²) < 4.78 is 5.49. The summed E-state index contributed by atoms with van der Waals surface area (Å²) in [5, 5.41) is 19.4. The highest BCUT2D eigenvalue weighted by atomic mass is 16.5. The van der Waals surface area contributed by atoms with E-state index >= 15 is 0 Å². The van der Waals surface area contributed by atoms with Crippen molar-refractivity contribution in [1.82, 2.24) is 10.9 Å². The van der Waals surface area contributed by atoms with Crippen LogP contribution >= 0.6 is 0 Å². The van der Waals surface area contributed by atoms with E-state index in [0.29, 0.717) is 17.9 Å². The molecule has 0 spiro atoms. The van der Waals surface area contributed by atoms with Gasteiger partial charge in [-0.1, -0.05) is 6.92 Å². The third kappa shape index (κ3) is 3.19. The van der Waals surface area contributed by atoms with E-state index in [2.05, 4.69) is 10.9 Å². The summed E-state index contributed by atoms with van der Waals surface area (Å²) >= 11 is 0. The Morgan fingerprint density at radius 1 is 1.40 bits per heavy atom. The molecule has 2 amide bonds. The van der Waals surface area contributed by atoms with Crippen molar-refractivity contribution in [2.75, 3.05) is 11.5 Å². The Bertz CT molecular complexity index is 475. The summed E-state index contributed by atoms with van der Waals surface area (Å²) in [6, 6.07) is 6.25. The van der Waals surface area contributed by atoms with Crippen molar-refractivity contribution in [1.29, 1.82) is 0 Å². The van der Waals surface area contributed by atoms with Gasteiger partial charge in [-0.15, -0.1) is 0 Å². The summed E-state index contributed by atoms with van der Waals surface area (Å²) in [7, 11) is 0. The second-order valence-corrected chi connectivity index (χ2v) is 4.95. The van der Waals surface area contributed by atoms with Crippen LogP contribution < -0.4 is 20.5 Å². The van der Waals surface area contributed by atoms with Crippen molar-refractivity contribution in [3.05, 3.63) is 24.3 Å². The zero-order valence-corrected chi connectivity index (χ0v) is 11.5. The number of benzene rings is 1. The Hall–Kier alpha value is -1.83. The van der Waals surface area contributed by atoms with E-state index in [1.807, 2.05) is 6.92 Å². The van der Waals surface area contributed by atoms with Gasteiger partial charge in [0.2, 0.25) is 6.35 Å². The molecule has 2 atom stereocenters. The van der Waals surface area contributed by atoms with Gasteiger partial charge in [-0.2, -0.15) is 5.43 Å². The van der Waals surface area contributed by atoms with Crippen molar-refractivity contribution in [2.24, 2.45) is 0 Å². The molecule has 1 aromatic rings. The standard InChI is InChI=1S/C13H19N3O4/c1-3-13(2,19)8-20-10-6-4-9(5-7-10)16-11(17)14-15-12(16)18/h4-7,11,14,17,19H,3,8H2,1-2H3,(H,15,18). The highest BCUT2D eigenvalue weighted by Crippen LogP contribution is 2.22. The molecule has 0 saturated carbocycles. The smallest absolute Gasteiger partial charge is 0.339 e. The van der Waals surface area contributed by atoms with E-state index in [9.17, 15) is 15.0 Å². The van der Waals surface area contributed by atoms with Crippen LogP contribution in [0.25, 0.3) is 0 Å². The first-order chi connectivity index (χ1) is 9.43. The predicted molar refractivity (Wildman–Crippen MR) is 73.0 cm³/mol. The fourth-order valence-corrected chi connectivity index (χ4v) is 1.66. The molecule has 1 fully saturated rings. The normalized spacial score (nSPS) is 21.5. The average Bonchev–Trinajstić information content (AvgIpc) is 2.77. The minimum Gasteiger partial charge on any atom is -0.491 e. The van der Waals surface area contributed by atoms with E-state index in [-0.39, 0.29) is 6.61 Å². The van der Waals surface area contributed by atoms with E-state index in [4.69, 9.17) is 4.74 Å². The van der Waals surface area contributed by atoms with Gasteiger partial charge >= 0.3 is 6.03 Å². The number of carbonyl (C=O) groups excluding carboxylic acids is 1. The molecule has 1 aromatic carbocycles. The van der Waals surface area contributed by atoms with Crippen molar-refractivity contribution in [2.45, 2.75) is 32.2 Å². The van der Waals surface area contributed by atoms with Gasteiger partial charge in [0.05, 0.1) is 5.60 Å². The number of anilines is 1. The van der Waals surface area contributed by atoms with Gasteiger partial charge in [0.1, 0.15) is 12.4 Å². The summed E-state index contributed by atoms with van der Waals surface area (Å²) in [4.78, 5) is 12.7. The third-order valence-corrected chi connectivity index (χ3v) is 3.20. The SMILES string of the molecule is CCC(C)(O)COc1ccc(N2C(=O)NNC2O)cc1. The number of aliphatic hydroxyl groups excluding tert-OH is 1. The summed E-state index contributed by atoms with van der Waals surface area (Å²) in [5.74, 6) is 0.588. The van der Waals surface area contributed by atoms with E-state index < -0.39 is 18.0 Å². The Balaban J connectivity index is 2.01. The van der Waals surface area contributed by atoms with Gasteiger partial charge in [-0.25, -0.2) is 4.79 Å². The fraction of sp³-hybridized carbons (Fsp3) is 0.462. The van der Waals surface area contributed by atoms with Gasteiger partial charge in [0, 0.05) is 5.69 Å². The maximum absolute atomic E-state index is 11.5. The molecule has 2 unspecified atom stereocenters. The zero-order valence-electron chi connectivity index (χ0n) is 11.5. The lowest BCUT2D eigenvalue weighted by atomic mass is 10.1.